The standard InChI is InChI=1S/4C7H7.CH4Cl2O6P2.2Sn/c4*1-7-5-3-2-4-6-7;2-1(3,10(4,5)6)11(7,8)9;;/h4*3-6H,1H3;(H2,4,5,6)(H2,7,8,9);;/q;;;;;2*+2/p-4. The first-order valence-corrected chi connectivity index (χ1v) is 21.8. The fraction of sp³-hybridized carbons (Fsp3) is 0.172. The van der Waals surface area contributed by atoms with Gasteiger partial charge >= 0.3 is 204 Å². The second-order valence-electron chi connectivity index (χ2n) is 9.22. The summed E-state index contributed by atoms with van der Waals surface area (Å²) in [6.07, 6.45) is 0. The van der Waals surface area contributed by atoms with Crippen LogP contribution in [-0.4, -0.2) is 46.1 Å². The van der Waals surface area contributed by atoms with Crippen molar-refractivity contribution in [3.63, 3.8) is 0 Å². The molecule has 0 N–H and O–H groups in total. The Morgan fingerprint density at radius 1 is 0.463 bits per heavy atom. The summed E-state index contributed by atoms with van der Waals surface area (Å²) in [7, 11) is -11.7. The molecule has 0 heterocycles. The van der Waals surface area contributed by atoms with Crippen molar-refractivity contribution in [2.75, 3.05) is 0 Å². The van der Waals surface area contributed by atoms with Crippen molar-refractivity contribution in [2.24, 2.45) is 0 Å². The third kappa shape index (κ3) is 12.9. The molecule has 0 aromatic heterocycles. The van der Waals surface area contributed by atoms with Gasteiger partial charge in [-0.3, -0.25) is 0 Å². The Hall–Kier alpha value is -0.643. The van der Waals surface area contributed by atoms with Gasteiger partial charge in [0.25, 0.3) is 0 Å². The molecule has 6 nitrogen and oxygen atoms in total. The van der Waals surface area contributed by atoms with Gasteiger partial charge < -0.3 is 28.7 Å². The molecule has 4 rings (SSSR count). The molecular formula is C29H28Cl2O6P2Sn2. The van der Waals surface area contributed by atoms with E-state index in [0.717, 1.165) is 0 Å². The number of halogens is 2. The van der Waals surface area contributed by atoms with Gasteiger partial charge in [0.2, 0.25) is 0 Å². The summed E-state index contributed by atoms with van der Waals surface area (Å²) >= 11 is 7.84. The van der Waals surface area contributed by atoms with E-state index in [0.29, 0.717) is 0 Å². The smallest absolute Gasteiger partial charge is 0.169 e. The molecule has 0 aliphatic heterocycles. The largest absolute Gasteiger partial charge is 0.808 e. The Morgan fingerprint density at radius 3 is 0.756 bits per heavy atom. The van der Waals surface area contributed by atoms with Gasteiger partial charge in [-0.15, -0.1) is 0 Å². The molecule has 0 aliphatic carbocycles. The van der Waals surface area contributed by atoms with Crippen molar-refractivity contribution >= 4 is 95.0 Å². The molecular weight excluding hydrogens is 815 g/mol. The van der Waals surface area contributed by atoms with E-state index in [1.54, 1.807) is 14.3 Å². The Kier molecular flexibility index (Phi) is 14.7. The monoisotopic (exact) mass is 844 g/mol. The maximum Gasteiger partial charge on any atom is 0.169 e. The first kappa shape index (κ1) is 36.5. The zero-order valence-electron chi connectivity index (χ0n) is 22.8. The van der Waals surface area contributed by atoms with Crippen LogP contribution in [0.25, 0.3) is 0 Å². The van der Waals surface area contributed by atoms with Gasteiger partial charge in [-0.05, 0) is 15.2 Å². The predicted octanol–water partition coefficient (Wildman–Crippen LogP) is 1.82. The normalized spacial score (nSPS) is 11.2. The molecule has 212 valence electrons. The number of alkyl halides is 2. The SMILES string of the molecule is Cc1cc[c]([Sn+2][c]2ccc(C)cc2)cc1.Cc1cc[c]([Sn+2][c]2ccc(C)cc2)cc1.O=P([O-])([O-])C(Cl)(Cl)P(=O)([O-])[O-]. The molecule has 4 aromatic carbocycles. The number of hydrogen-bond donors (Lipinski definition) is 0. The van der Waals surface area contributed by atoms with Crippen LogP contribution in [0.2, 0.25) is 0 Å². The van der Waals surface area contributed by atoms with E-state index in [2.05, 4.69) is 148 Å². The van der Waals surface area contributed by atoms with E-state index in [4.69, 9.17) is 0 Å². The Balaban J connectivity index is 0.000000219. The minimum Gasteiger partial charge on any atom is -0.808 e. The Labute approximate surface area is 272 Å². The summed E-state index contributed by atoms with van der Waals surface area (Å²) in [5, 5.41) is 0. The van der Waals surface area contributed by atoms with Crippen molar-refractivity contribution in [1.29, 1.82) is 0 Å². The van der Waals surface area contributed by atoms with Gasteiger partial charge in [0.05, 0.1) is 0 Å². The topological polar surface area (TPSA) is 126 Å². The van der Waals surface area contributed by atoms with Gasteiger partial charge in [0.1, 0.15) is 0 Å². The quantitative estimate of drug-likeness (QED) is 0.166. The summed E-state index contributed by atoms with van der Waals surface area (Å²) in [5.41, 5.74) is 5.40. The maximum absolute atomic E-state index is 9.94. The van der Waals surface area contributed by atoms with Gasteiger partial charge in [-0.2, -0.15) is 0 Å². The van der Waals surface area contributed by atoms with E-state index in [9.17, 15) is 28.7 Å². The van der Waals surface area contributed by atoms with Crippen LogP contribution in [0.3, 0.4) is 0 Å². The Bertz CT molecular complexity index is 1270. The van der Waals surface area contributed by atoms with Gasteiger partial charge in [0, 0.05) is 0 Å². The number of rotatable bonds is 6. The average molecular weight is 843 g/mol. The first-order valence-electron chi connectivity index (χ1n) is 12.2. The van der Waals surface area contributed by atoms with Gasteiger partial charge in [-0.1, -0.05) is 23.2 Å². The molecule has 0 fully saturated rings. The minimum atomic E-state index is -5.85. The van der Waals surface area contributed by atoms with Crippen LogP contribution in [0.5, 0.6) is 0 Å². The van der Waals surface area contributed by atoms with Gasteiger partial charge in [0.15, 0.2) is 3.82 Å². The molecule has 0 aliphatic rings. The first-order chi connectivity index (χ1) is 19.0. The molecule has 0 radical (unpaired) electrons. The molecule has 12 heteroatoms. The molecule has 0 atom stereocenters. The second-order valence-corrected chi connectivity index (χ2v) is 23.3. The zero-order valence-corrected chi connectivity index (χ0v) is 31.8. The average Bonchev–Trinajstić information content (AvgIpc) is 2.89. The van der Waals surface area contributed by atoms with Crippen molar-refractivity contribution in [3.05, 3.63) is 119 Å². The van der Waals surface area contributed by atoms with Crippen LogP contribution in [0.15, 0.2) is 97.1 Å². The fourth-order valence-electron chi connectivity index (χ4n) is 3.03. The van der Waals surface area contributed by atoms with E-state index < -0.39 is 61.3 Å². The number of aryl methyl sites for hydroxylation is 4. The summed E-state index contributed by atoms with van der Waals surface area (Å²) < 4.78 is 22.3. The summed E-state index contributed by atoms with van der Waals surface area (Å²) in [5.74, 6) is 0. The van der Waals surface area contributed by atoms with Crippen LogP contribution < -0.4 is 33.9 Å². The number of hydrogen-bond acceptors (Lipinski definition) is 6. The van der Waals surface area contributed by atoms with Crippen molar-refractivity contribution < 1.29 is 28.7 Å². The molecule has 0 spiro atoms. The van der Waals surface area contributed by atoms with Crippen LogP contribution in [0, 0.1) is 27.7 Å². The molecule has 41 heavy (non-hydrogen) atoms. The number of benzene rings is 4. The predicted molar refractivity (Wildman–Crippen MR) is 164 cm³/mol. The van der Waals surface area contributed by atoms with E-state index in [1.165, 1.54) is 22.3 Å². The third-order valence-electron chi connectivity index (χ3n) is 5.44. The van der Waals surface area contributed by atoms with Crippen molar-refractivity contribution in [2.45, 2.75) is 31.5 Å². The molecule has 4 aromatic rings. The molecule has 0 saturated heterocycles. The summed E-state index contributed by atoms with van der Waals surface area (Å²) in [6, 6.07) is 35.9. The van der Waals surface area contributed by atoms with E-state index in [-0.39, 0.29) is 0 Å². The van der Waals surface area contributed by atoms with Crippen LogP contribution in [-0.2, 0) is 9.13 Å². The molecule has 0 bridgehead atoms. The second kappa shape index (κ2) is 16.4. The molecule has 0 unspecified atom stereocenters. The van der Waals surface area contributed by atoms with Crippen molar-refractivity contribution in [1.82, 2.24) is 0 Å². The van der Waals surface area contributed by atoms with Gasteiger partial charge in [-0.25, -0.2) is 0 Å². The molecule has 0 saturated carbocycles. The minimum absolute atomic E-state index is 0.556. The maximum atomic E-state index is 9.94. The van der Waals surface area contributed by atoms with E-state index in [1.807, 2.05) is 0 Å². The van der Waals surface area contributed by atoms with E-state index >= 15 is 0 Å². The zero-order chi connectivity index (χ0) is 30.8. The fourth-order valence-corrected chi connectivity index (χ4v) is 9.94. The van der Waals surface area contributed by atoms with Crippen LogP contribution >= 0.6 is 38.4 Å². The molecule has 0 amide bonds. The van der Waals surface area contributed by atoms with Crippen LogP contribution in [0.4, 0.5) is 0 Å². The van der Waals surface area contributed by atoms with Crippen LogP contribution in [0.1, 0.15) is 22.3 Å². The Morgan fingerprint density at radius 2 is 0.634 bits per heavy atom. The van der Waals surface area contributed by atoms with Crippen molar-refractivity contribution in [3.8, 4) is 0 Å². The summed E-state index contributed by atoms with van der Waals surface area (Å²) in [4.78, 5) is 39.7. The third-order valence-corrected chi connectivity index (χ3v) is 17.8. The summed E-state index contributed by atoms with van der Waals surface area (Å²) in [6.45, 7) is 8.56.